The monoisotopic (exact) mass is 560 g/mol. The molecular formula is C32H40N4O5. The zero-order chi connectivity index (χ0) is 29.7. The molecule has 0 bridgehead atoms. The first-order valence-electron chi connectivity index (χ1n) is 14.0. The largest absolute Gasteiger partial charge is 0.476 e. The second kappa shape index (κ2) is 12.7. The van der Waals surface area contributed by atoms with E-state index in [1.165, 1.54) is 5.56 Å². The van der Waals surface area contributed by atoms with Crippen LogP contribution in [0.4, 0.5) is 0 Å². The molecule has 0 spiro atoms. The van der Waals surface area contributed by atoms with Crippen molar-refractivity contribution in [3.8, 4) is 17.2 Å². The number of aryl methyl sites for hydroxylation is 5. The van der Waals surface area contributed by atoms with E-state index < -0.39 is 11.6 Å². The average Bonchev–Trinajstić information content (AvgIpc) is 3.49. The maximum absolute atomic E-state index is 12.4. The Morgan fingerprint density at radius 2 is 1.63 bits per heavy atom. The van der Waals surface area contributed by atoms with Crippen molar-refractivity contribution in [1.29, 1.82) is 0 Å². The van der Waals surface area contributed by atoms with Gasteiger partial charge in [0.1, 0.15) is 11.5 Å². The van der Waals surface area contributed by atoms with Crippen LogP contribution >= 0.6 is 0 Å². The van der Waals surface area contributed by atoms with Crippen LogP contribution in [-0.2, 0) is 29.0 Å². The van der Waals surface area contributed by atoms with Crippen LogP contribution in [0.15, 0.2) is 45.2 Å². The van der Waals surface area contributed by atoms with Crippen LogP contribution in [0.2, 0.25) is 0 Å². The molecule has 0 saturated carbocycles. The highest BCUT2D eigenvalue weighted by molar-refractivity contribution is 5.79. The lowest BCUT2D eigenvalue weighted by Gasteiger charge is -2.27. The highest BCUT2D eigenvalue weighted by Gasteiger charge is 2.32. The number of esters is 1. The first kappa shape index (κ1) is 30.0. The molecule has 0 radical (unpaired) electrons. The Labute approximate surface area is 241 Å². The quantitative estimate of drug-likeness (QED) is 0.186. The third-order valence-corrected chi connectivity index (χ3v) is 6.83. The fraction of sp³-hybridized carbons (Fsp3) is 0.438. The Bertz CT molecular complexity index is 1460. The second-order valence-electron chi connectivity index (χ2n) is 11.0. The maximum Gasteiger partial charge on any atom is 0.349 e. The van der Waals surface area contributed by atoms with Crippen LogP contribution in [0.5, 0.6) is 5.75 Å². The second-order valence-corrected chi connectivity index (χ2v) is 11.0. The van der Waals surface area contributed by atoms with Crippen LogP contribution in [0, 0.1) is 34.6 Å². The fourth-order valence-electron chi connectivity index (χ4n) is 4.70. The molecule has 2 aromatic heterocycles. The molecule has 9 nitrogen and oxygen atoms in total. The normalized spacial score (nSPS) is 11.7. The Morgan fingerprint density at radius 3 is 2.24 bits per heavy atom. The van der Waals surface area contributed by atoms with Crippen LogP contribution in [0.25, 0.3) is 11.5 Å². The van der Waals surface area contributed by atoms with E-state index in [0.717, 1.165) is 33.7 Å². The minimum absolute atomic E-state index is 0.305. The van der Waals surface area contributed by atoms with Gasteiger partial charge in [0.15, 0.2) is 5.60 Å². The number of carbonyl (C=O) groups is 1. The van der Waals surface area contributed by atoms with E-state index in [2.05, 4.69) is 46.3 Å². The molecule has 0 unspecified atom stereocenters. The molecule has 4 rings (SSSR count). The molecule has 41 heavy (non-hydrogen) atoms. The van der Waals surface area contributed by atoms with Crippen LogP contribution < -0.4 is 4.74 Å². The van der Waals surface area contributed by atoms with Gasteiger partial charge in [-0.25, -0.2) is 9.78 Å². The zero-order valence-corrected chi connectivity index (χ0v) is 25.3. The van der Waals surface area contributed by atoms with Crippen molar-refractivity contribution < 1.29 is 23.1 Å². The Morgan fingerprint density at radius 1 is 0.951 bits per heavy atom. The molecule has 0 aliphatic rings. The molecule has 0 N–H and O–H groups in total. The Balaban J connectivity index is 1.52. The van der Waals surface area contributed by atoms with Crippen molar-refractivity contribution in [3.63, 3.8) is 0 Å². The Hall–Kier alpha value is -3.98. The van der Waals surface area contributed by atoms with Crippen molar-refractivity contribution in [2.45, 2.75) is 80.5 Å². The number of ether oxygens (including phenoxy) is 2. The molecule has 0 aliphatic heterocycles. The van der Waals surface area contributed by atoms with Crippen LogP contribution in [-0.4, -0.2) is 44.8 Å². The van der Waals surface area contributed by atoms with Crippen LogP contribution in [0.1, 0.15) is 66.3 Å². The van der Waals surface area contributed by atoms with E-state index in [4.69, 9.17) is 23.3 Å². The van der Waals surface area contributed by atoms with Crippen LogP contribution in [0.3, 0.4) is 0 Å². The van der Waals surface area contributed by atoms with Gasteiger partial charge in [-0.05, 0) is 77.3 Å². The number of benzene rings is 2. The highest BCUT2D eigenvalue weighted by Crippen LogP contribution is 2.30. The lowest BCUT2D eigenvalue weighted by atomic mass is 10.0. The minimum Gasteiger partial charge on any atom is -0.476 e. The number of nitrogens with zero attached hydrogens (tertiary/aromatic N) is 4. The number of aromatic nitrogens is 3. The number of rotatable bonds is 12. The summed E-state index contributed by atoms with van der Waals surface area (Å²) in [7, 11) is 0. The predicted molar refractivity (Wildman–Crippen MR) is 156 cm³/mol. The van der Waals surface area contributed by atoms with Gasteiger partial charge in [0.2, 0.25) is 17.7 Å². The van der Waals surface area contributed by atoms with E-state index in [1.807, 2.05) is 32.9 Å². The summed E-state index contributed by atoms with van der Waals surface area (Å²) in [5.74, 6) is 2.83. The molecular weight excluding hydrogens is 520 g/mol. The molecule has 0 aliphatic carbocycles. The van der Waals surface area contributed by atoms with Gasteiger partial charge in [-0.2, -0.15) is 0 Å². The lowest BCUT2D eigenvalue weighted by Crippen LogP contribution is -2.40. The van der Waals surface area contributed by atoms with Crippen molar-refractivity contribution >= 4 is 5.97 Å². The number of carbonyl (C=O) groups excluding carboxylic acids is 1. The summed E-state index contributed by atoms with van der Waals surface area (Å²) in [6, 6.07) is 12.3. The lowest BCUT2D eigenvalue weighted by molar-refractivity contribution is -0.158. The van der Waals surface area contributed by atoms with Crippen molar-refractivity contribution in [2.24, 2.45) is 0 Å². The summed E-state index contributed by atoms with van der Waals surface area (Å²) in [6.45, 7) is 17.2. The molecule has 2 heterocycles. The van der Waals surface area contributed by atoms with Crippen molar-refractivity contribution in [1.82, 2.24) is 20.1 Å². The molecule has 4 aromatic rings. The summed E-state index contributed by atoms with van der Waals surface area (Å²) in [5.41, 5.74) is 4.97. The zero-order valence-electron chi connectivity index (χ0n) is 25.3. The summed E-state index contributed by atoms with van der Waals surface area (Å²) in [6.07, 6.45) is 0.696. The van der Waals surface area contributed by atoms with Gasteiger partial charge in [-0.15, -0.1) is 10.2 Å². The van der Waals surface area contributed by atoms with Gasteiger partial charge in [0.05, 0.1) is 18.8 Å². The van der Waals surface area contributed by atoms with E-state index in [1.54, 1.807) is 27.7 Å². The summed E-state index contributed by atoms with van der Waals surface area (Å²) in [4.78, 5) is 19.5. The predicted octanol–water partition coefficient (Wildman–Crippen LogP) is 6.23. The maximum atomic E-state index is 12.4. The Kier molecular flexibility index (Phi) is 9.28. The number of hydrogen-bond donors (Lipinski definition) is 0. The SMILES string of the molecule is CCOC(=O)C(C)(C)Oc1c(C)cc(CN(CCc2nc(-c3ccc(C)cc3)oc2C)Cc2nnc(C)o2)cc1C. The van der Waals surface area contributed by atoms with E-state index in [0.29, 0.717) is 56.1 Å². The fourth-order valence-corrected chi connectivity index (χ4v) is 4.70. The smallest absolute Gasteiger partial charge is 0.349 e. The van der Waals surface area contributed by atoms with Gasteiger partial charge in [-0.1, -0.05) is 29.8 Å². The van der Waals surface area contributed by atoms with E-state index in [9.17, 15) is 4.79 Å². The molecule has 0 fully saturated rings. The summed E-state index contributed by atoms with van der Waals surface area (Å²) < 4.78 is 23.1. The van der Waals surface area contributed by atoms with Crippen molar-refractivity contribution in [3.05, 3.63) is 81.9 Å². The molecule has 9 heteroatoms. The first-order valence-corrected chi connectivity index (χ1v) is 14.0. The topological polar surface area (TPSA) is 104 Å². The van der Waals surface area contributed by atoms with Gasteiger partial charge < -0.3 is 18.3 Å². The third-order valence-electron chi connectivity index (χ3n) is 6.83. The molecule has 0 atom stereocenters. The van der Waals surface area contributed by atoms with Gasteiger partial charge in [0, 0.05) is 32.0 Å². The van der Waals surface area contributed by atoms with E-state index in [-0.39, 0.29) is 0 Å². The average molecular weight is 561 g/mol. The van der Waals surface area contributed by atoms with Crippen molar-refractivity contribution in [2.75, 3.05) is 13.2 Å². The minimum atomic E-state index is -1.10. The first-order chi connectivity index (χ1) is 19.4. The summed E-state index contributed by atoms with van der Waals surface area (Å²) in [5, 5.41) is 8.21. The molecule has 0 saturated heterocycles. The highest BCUT2D eigenvalue weighted by atomic mass is 16.6. The number of oxazole rings is 1. The standard InChI is InChI=1S/C32H40N4O5/c1-9-38-31(37)32(7,8)41-29-21(3)16-25(17-22(29)4)18-36(19-28-35-34-24(6)40-28)15-14-27-23(5)39-30(33-27)26-12-10-20(2)11-13-26/h10-13,16-17H,9,14-15,18-19H2,1-8H3. The number of hydrogen-bond acceptors (Lipinski definition) is 9. The summed E-state index contributed by atoms with van der Waals surface area (Å²) >= 11 is 0. The van der Waals surface area contributed by atoms with Gasteiger partial charge in [0.25, 0.3) is 0 Å². The van der Waals surface area contributed by atoms with Gasteiger partial charge in [-0.3, -0.25) is 4.90 Å². The molecule has 0 amide bonds. The third kappa shape index (κ3) is 7.61. The van der Waals surface area contributed by atoms with E-state index >= 15 is 0 Å². The molecule has 218 valence electrons. The molecule has 2 aromatic carbocycles. The van der Waals surface area contributed by atoms with Gasteiger partial charge >= 0.3 is 5.97 Å².